The summed E-state index contributed by atoms with van der Waals surface area (Å²) in [4.78, 5) is 14.9. The second-order valence-corrected chi connectivity index (χ2v) is 10.3. The van der Waals surface area contributed by atoms with Crippen LogP contribution in [0.3, 0.4) is 0 Å². The van der Waals surface area contributed by atoms with Gasteiger partial charge in [-0.05, 0) is 55.6 Å². The molecule has 9 nitrogen and oxygen atoms in total. The quantitative estimate of drug-likeness (QED) is 0.539. The number of nitrogens with two attached hydrogens (primary N) is 1. The van der Waals surface area contributed by atoms with Crippen LogP contribution in [0.25, 0.3) is 0 Å². The van der Waals surface area contributed by atoms with Gasteiger partial charge >= 0.3 is 0 Å². The van der Waals surface area contributed by atoms with Crippen molar-refractivity contribution in [2.75, 3.05) is 34.4 Å². The maximum Gasteiger partial charge on any atom is 0.226 e. The zero-order valence-corrected chi connectivity index (χ0v) is 19.6. The van der Waals surface area contributed by atoms with Gasteiger partial charge in [0.25, 0.3) is 0 Å². The number of carbonyl (C=O) groups excluding carboxylic acids is 1. The lowest BCUT2D eigenvalue weighted by Gasteiger charge is -2.40. The van der Waals surface area contributed by atoms with E-state index >= 15 is 0 Å². The largest absolute Gasteiger partial charge is 0.382 e. The van der Waals surface area contributed by atoms with E-state index in [-0.39, 0.29) is 17.4 Å². The van der Waals surface area contributed by atoms with Crippen molar-refractivity contribution in [3.63, 3.8) is 0 Å². The van der Waals surface area contributed by atoms with Crippen molar-refractivity contribution >= 4 is 39.1 Å². The molecule has 3 unspecified atom stereocenters. The van der Waals surface area contributed by atoms with Gasteiger partial charge in [-0.2, -0.15) is 0 Å². The molecule has 1 amide bonds. The van der Waals surface area contributed by atoms with Crippen LogP contribution in [0.15, 0.2) is 24.3 Å². The smallest absolute Gasteiger partial charge is 0.226 e. The lowest BCUT2D eigenvalue weighted by Crippen LogP contribution is -2.32. The van der Waals surface area contributed by atoms with Gasteiger partial charge in [-0.3, -0.25) is 4.79 Å². The van der Waals surface area contributed by atoms with E-state index in [9.17, 15) is 4.79 Å². The highest BCUT2D eigenvalue weighted by Crippen LogP contribution is 2.46. The number of hydrogen-bond acceptors (Lipinski definition) is 9. The second kappa shape index (κ2) is 9.40. The molecule has 0 bridgehead atoms. The van der Waals surface area contributed by atoms with Gasteiger partial charge in [0.05, 0.1) is 0 Å². The second-order valence-electron chi connectivity index (χ2n) is 9.32. The van der Waals surface area contributed by atoms with Gasteiger partial charge in [0, 0.05) is 25.6 Å². The monoisotopic (exact) mass is 456 g/mol. The van der Waals surface area contributed by atoms with E-state index in [1.807, 2.05) is 6.07 Å². The molecule has 2 aromatic heterocycles. The highest BCUT2D eigenvalue weighted by atomic mass is 32.1. The molecule has 1 saturated carbocycles. The summed E-state index contributed by atoms with van der Waals surface area (Å²) in [6, 6.07) is 3.87. The average molecular weight is 457 g/mol. The Hall–Kier alpha value is -2.75. The van der Waals surface area contributed by atoms with Crippen LogP contribution in [-0.2, 0) is 4.79 Å². The molecule has 3 atom stereocenters. The molecule has 0 radical (unpaired) electrons. The molecule has 10 heteroatoms. The Morgan fingerprint density at radius 2 is 2.12 bits per heavy atom. The number of amides is 1. The first-order valence-electron chi connectivity index (χ1n) is 11.2. The zero-order chi connectivity index (χ0) is 22.7. The number of carbonyl (C=O) groups is 1. The van der Waals surface area contributed by atoms with Crippen LogP contribution < -0.4 is 21.3 Å². The minimum Gasteiger partial charge on any atom is -0.382 e. The number of allylic oxidation sites excluding steroid dienone is 1. The molecule has 2 aliphatic rings. The minimum absolute atomic E-state index is 0.00288. The number of nitrogens with one attached hydrogen (secondary N) is 2. The Balaban J connectivity index is 1.30. The Labute approximate surface area is 192 Å². The lowest BCUT2D eigenvalue weighted by molar-refractivity contribution is -0.119. The molecule has 3 heterocycles. The maximum absolute atomic E-state index is 12.8. The third kappa shape index (κ3) is 5.35. The minimum atomic E-state index is 0.00288. The number of hydrogen-bond donors (Lipinski definition) is 3. The molecule has 172 valence electrons. The number of rotatable bonds is 7. The molecule has 1 aliphatic heterocycles. The van der Waals surface area contributed by atoms with E-state index in [2.05, 4.69) is 56.4 Å². The summed E-state index contributed by atoms with van der Waals surface area (Å²) in [6.07, 6.45) is 5.49. The van der Waals surface area contributed by atoms with Gasteiger partial charge in [-0.15, -0.1) is 20.4 Å². The highest BCUT2D eigenvalue weighted by molar-refractivity contribution is 7.19. The fourth-order valence-electron chi connectivity index (χ4n) is 5.11. The summed E-state index contributed by atoms with van der Waals surface area (Å²) in [5.41, 5.74) is 6.88. The average Bonchev–Trinajstić information content (AvgIpc) is 3.37. The summed E-state index contributed by atoms with van der Waals surface area (Å²) in [5.74, 6) is 1.81. The summed E-state index contributed by atoms with van der Waals surface area (Å²) in [6.45, 7) is 10.3. The van der Waals surface area contributed by atoms with Crippen LogP contribution in [0.2, 0.25) is 0 Å². The van der Waals surface area contributed by atoms with Crippen LogP contribution in [-0.4, -0.2) is 45.4 Å². The predicted molar refractivity (Wildman–Crippen MR) is 129 cm³/mol. The Morgan fingerprint density at radius 1 is 1.31 bits per heavy atom. The summed E-state index contributed by atoms with van der Waals surface area (Å²) in [5, 5.41) is 24.1. The van der Waals surface area contributed by atoms with Crippen molar-refractivity contribution in [3.05, 3.63) is 24.3 Å². The molecular weight excluding hydrogens is 424 g/mol. The summed E-state index contributed by atoms with van der Waals surface area (Å²) >= 11 is 1.37. The fourth-order valence-corrected chi connectivity index (χ4v) is 5.85. The third-order valence-electron chi connectivity index (χ3n) is 6.51. The molecule has 1 saturated heterocycles. The zero-order valence-electron chi connectivity index (χ0n) is 18.8. The molecule has 4 N–H and O–H groups in total. The SMILES string of the molecule is C=C1CC(C)CC(CC)(CC(=O)Nc2nnc(NC3CCN(c4ccc(N)nn4)C3)s2)C1. The molecule has 2 fully saturated rings. The van der Waals surface area contributed by atoms with E-state index in [0.717, 1.165) is 51.0 Å². The van der Waals surface area contributed by atoms with E-state index in [1.54, 1.807) is 6.07 Å². The van der Waals surface area contributed by atoms with Gasteiger partial charge in [0.1, 0.15) is 5.82 Å². The molecule has 4 rings (SSSR count). The van der Waals surface area contributed by atoms with Gasteiger partial charge in [-0.1, -0.05) is 37.3 Å². The normalized spacial score (nSPS) is 25.7. The standard InChI is InChI=1S/C22H32N8OS/c1-4-22(10-14(2)9-15(3)11-22)12-19(31)25-21-29-28-20(32-21)24-16-7-8-30(13-16)18-6-5-17(23)26-27-18/h5-6,15-16H,2,4,7-13H2,1,3H3,(H2,23,26)(H,24,28)(H,25,29,31). The Morgan fingerprint density at radius 3 is 2.84 bits per heavy atom. The van der Waals surface area contributed by atoms with Crippen LogP contribution in [0.1, 0.15) is 52.4 Å². The van der Waals surface area contributed by atoms with Gasteiger partial charge in [0.15, 0.2) is 5.82 Å². The summed E-state index contributed by atoms with van der Waals surface area (Å²) < 4.78 is 0. The number of aromatic nitrogens is 4. The molecule has 1 aliphatic carbocycles. The Bertz CT molecular complexity index is 961. The number of nitrogens with zero attached hydrogens (tertiary/aromatic N) is 5. The van der Waals surface area contributed by atoms with Crippen LogP contribution in [0.4, 0.5) is 21.9 Å². The van der Waals surface area contributed by atoms with Gasteiger partial charge < -0.3 is 21.3 Å². The van der Waals surface area contributed by atoms with E-state index in [4.69, 9.17) is 5.73 Å². The van der Waals surface area contributed by atoms with Crippen LogP contribution in [0, 0.1) is 11.3 Å². The van der Waals surface area contributed by atoms with Crippen molar-refractivity contribution < 1.29 is 4.79 Å². The van der Waals surface area contributed by atoms with Crippen LogP contribution in [0.5, 0.6) is 0 Å². The van der Waals surface area contributed by atoms with E-state index in [0.29, 0.717) is 28.4 Å². The highest BCUT2D eigenvalue weighted by Gasteiger charge is 2.37. The third-order valence-corrected chi connectivity index (χ3v) is 7.28. The first-order valence-corrected chi connectivity index (χ1v) is 12.1. The predicted octanol–water partition coefficient (Wildman–Crippen LogP) is 3.70. The topological polar surface area (TPSA) is 122 Å². The fraction of sp³-hybridized carbons (Fsp3) is 0.591. The lowest BCUT2D eigenvalue weighted by atomic mass is 9.65. The molecule has 0 spiro atoms. The molecule has 0 aromatic carbocycles. The van der Waals surface area contributed by atoms with Crippen molar-refractivity contribution in [2.45, 2.75) is 58.4 Å². The molecular formula is C22H32N8OS. The maximum atomic E-state index is 12.8. The van der Waals surface area contributed by atoms with E-state index < -0.39 is 0 Å². The first-order chi connectivity index (χ1) is 15.3. The van der Waals surface area contributed by atoms with Gasteiger partial charge in [0.2, 0.25) is 16.2 Å². The number of anilines is 4. The first kappa shape index (κ1) is 22.4. The van der Waals surface area contributed by atoms with Crippen molar-refractivity contribution in [2.24, 2.45) is 11.3 Å². The Kier molecular flexibility index (Phi) is 6.59. The molecule has 2 aromatic rings. The van der Waals surface area contributed by atoms with Crippen molar-refractivity contribution in [1.82, 2.24) is 20.4 Å². The van der Waals surface area contributed by atoms with Crippen molar-refractivity contribution in [1.29, 1.82) is 0 Å². The molecule has 32 heavy (non-hydrogen) atoms. The number of nitrogen functional groups attached to an aromatic ring is 1. The van der Waals surface area contributed by atoms with Crippen molar-refractivity contribution in [3.8, 4) is 0 Å². The van der Waals surface area contributed by atoms with Gasteiger partial charge in [-0.25, -0.2) is 0 Å². The van der Waals surface area contributed by atoms with Crippen LogP contribution >= 0.6 is 11.3 Å². The summed E-state index contributed by atoms with van der Waals surface area (Å²) in [7, 11) is 0. The van der Waals surface area contributed by atoms with E-state index in [1.165, 1.54) is 16.9 Å².